The lowest BCUT2D eigenvalue weighted by atomic mass is 9.49. The fraction of sp³-hybridized carbons (Fsp3) is 0.480. The lowest BCUT2D eigenvalue weighted by Crippen LogP contribution is -2.74. The number of furan rings is 1. The van der Waals surface area contributed by atoms with Gasteiger partial charge in [0.15, 0.2) is 0 Å². The van der Waals surface area contributed by atoms with Crippen LogP contribution in [0.15, 0.2) is 34.9 Å². The Balaban J connectivity index is 1.43. The van der Waals surface area contributed by atoms with E-state index in [4.69, 9.17) is 4.42 Å². The number of aromatic hydroxyl groups is 1. The molecule has 0 radical (unpaired) electrons. The maximum absolute atomic E-state index is 12.7. The SMILES string of the molecule is Oc1ccc2c3c1N[C@H]1c4oc5ncccc5c4C[C@@]4(O)C(C2)N(CC2CC2)CC[C@]314. The van der Waals surface area contributed by atoms with Crippen molar-refractivity contribution in [1.29, 1.82) is 0 Å². The molecule has 2 aromatic heterocycles. The zero-order chi connectivity index (χ0) is 20.5. The number of hydrogen-bond acceptors (Lipinski definition) is 6. The lowest BCUT2D eigenvalue weighted by molar-refractivity contribution is -0.157. The first-order chi connectivity index (χ1) is 15.1. The van der Waals surface area contributed by atoms with Gasteiger partial charge >= 0.3 is 0 Å². The number of hydrogen-bond donors (Lipinski definition) is 3. The number of nitrogens with one attached hydrogen (secondary N) is 1. The van der Waals surface area contributed by atoms with Crippen molar-refractivity contribution < 1.29 is 14.6 Å². The average Bonchev–Trinajstić information content (AvgIpc) is 3.40. The van der Waals surface area contributed by atoms with E-state index in [-0.39, 0.29) is 17.8 Å². The van der Waals surface area contributed by atoms with Crippen LogP contribution in [0.3, 0.4) is 0 Å². The summed E-state index contributed by atoms with van der Waals surface area (Å²) in [5.41, 5.74) is 3.49. The molecule has 31 heavy (non-hydrogen) atoms. The molecule has 1 saturated carbocycles. The number of aromatic nitrogens is 1. The molecule has 2 bridgehead atoms. The molecule has 3 N–H and O–H groups in total. The van der Waals surface area contributed by atoms with E-state index in [0.717, 1.165) is 59.8 Å². The molecule has 1 saturated heterocycles. The highest BCUT2D eigenvalue weighted by Crippen LogP contribution is 2.68. The standard InChI is InChI=1S/C25H25N3O3/c29-17-6-5-14-10-18-25(30)11-16-15-2-1-8-26-23(15)31-21(16)22-24(25,19(14)20(17)27-22)7-9-28(18)12-13-3-4-13/h1-2,5-6,8,13,18,22,27,29-30H,3-4,7,9-12H2/t18?,22-,24-,25+/m0/s1. The summed E-state index contributed by atoms with van der Waals surface area (Å²) in [5, 5.41) is 28.1. The van der Waals surface area contributed by atoms with Crippen LogP contribution in [-0.4, -0.2) is 44.8 Å². The lowest BCUT2D eigenvalue weighted by Gasteiger charge is -2.63. The third-order valence-electron chi connectivity index (χ3n) is 8.97. The number of pyridine rings is 1. The van der Waals surface area contributed by atoms with E-state index in [9.17, 15) is 10.2 Å². The van der Waals surface area contributed by atoms with Crippen LogP contribution in [0.1, 0.15) is 47.8 Å². The summed E-state index contributed by atoms with van der Waals surface area (Å²) in [6.07, 6.45) is 6.64. The largest absolute Gasteiger partial charge is 0.506 e. The van der Waals surface area contributed by atoms with E-state index in [2.05, 4.69) is 27.3 Å². The summed E-state index contributed by atoms with van der Waals surface area (Å²) < 4.78 is 6.34. The third kappa shape index (κ3) is 1.83. The van der Waals surface area contributed by atoms with Crippen LogP contribution in [-0.2, 0) is 18.3 Å². The van der Waals surface area contributed by atoms with E-state index in [1.807, 2.05) is 12.1 Å². The quantitative estimate of drug-likeness (QED) is 0.558. The summed E-state index contributed by atoms with van der Waals surface area (Å²) >= 11 is 0. The molecule has 5 aliphatic rings. The molecule has 1 aromatic carbocycles. The Bertz CT molecular complexity index is 1280. The van der Waals surface area contributed by atoms with Crippen LogP contribution >= 0.6 is 0 Å². The number of fused-ring (bicyclic) bond motifs is 4. The molecule has 1 spiro atoms. The Morgan fingerprint density at radius 2 is 2.16 bits per heavy atom. The van der Waals surface area contributed by atoms with Gasteiger partial charge in [0.05, 0.1) is 22.7 Å². The van der Waals surface area contributed by atoms with Crippen molar-refractivity contribution >= 4 is 16.8 Å². The minimum absolute atomic E-state index is 0.0731. The first-order valence-electron chi connectivity index (χ1n) is 11.5. The second kappa shape index (κ2) is 5.25. The molecule has 4 atom stereocenters. The molecule has 0 amide bonds. The highest BCUT2D eigenvalue weighted by Gasteiger charge is 2.72. The van der Waals surface area contributed by atoms with Crippen LogP contribution in [0.4, 0.5) is 5.69 Å². The van der Waals surface area contributed by atoms with Gasteiger partial charge < -0.3 is 19.9 Å². The van der Waals surface area contributed by atoms with Gasteiger partial charge in [0.25, 0.3) is 0 Å². The number of anilines is 1. The van der Waals surface area contributed by atoms with Gasteiger partial charge in [0.2, 0.25) is 5.71 Å². The van der Waals surface area contributed by atoms with Gasteiger partial charge in [-0.05, 0) is 67.5 Å². The van der Waals surface area contributed by atoms with Gasteiger partial charge in [-0.25, -0.2) is 4.98 Å². The molecule has 6 heteroatoms. The zero-order valence-electron chi connectivity index (χ0n) is 17.3. The second-order valence-electron chi connectivity index (χ2n) is 10.4. The van der Waals surface area contributed by atoms with Crippen molar-refractivity contribution in [2.75, 3.05) is 18.4 Å². The minimum Gasteiger partial charge on any atom is -0.506 e. The predicted molar refractivity (Wildman–Crippen MR) is 115 cm³/mol. The fourth-order valence-corrected chi connectivity index (χ4v) is 7.51. The monoisotopic (exact) mass is 415 g/mol. The van der Waals surface area contributed by atoms with E-state index < -0.39 is 11.0 Å². The Morgan fingerprint density at radius 1 is 1.26 bits per heavy atom. The number of nitrogens with zero attached hydrogens (tertiary/aromatic N) is 2. The van der Waals surface area contributed by atoms with Crippen molar-refractivity contribution in [3.63, 3.8) is 0 Å². The topological polar surface area (TPSA) is 81.8 Å². The molecule has 6 nitrogen and oxygen atoms in total. The van der Waals surface area contributed by atoms with Gasteiger partial charge in [-0.3, -0.25) is 4.90 Å². The maximum atomic E-state index is 12.7. The number of piperidine rings is 1. The zero-order valence-corrected chi connectivity index (χ0v) is 17.3. The minimum atomic E-state index is -0.913. The number of likely N-dealkylation sites (tertiary alicyclic amines) is 1. The predicted octanol–water partition coefficient (Wildman–Crippen LogP) is 3.27. The molecule has 2 fully saturated rings. The van der Waals surface area contributed by atoms with Gasteiger partial charge in [-0.15, -0.1) is 0 Å². The maximum Gasteiger partial charge on any atom is 0.226 e. The van der Waals surface area contributed by atoms with E-state index in [0.29, 0.717) is 12.1 Å². The molecule has 3 aromatic rings. The van der Waals surface area contributed by atoms with Crippen LogP contribution < -0.4 is 5.32 Å². The molecule has 1 unspecified atom stereocenters. The van der Waals surface area contributed by atoms with Gasteiger partial charge in [-0.1, -0.05) is 6.07 Å². The Labute approximate surface area is 179 Å². The average molecular weight is 415 g/mol. The van der Waals surface area contributed by atoms with Crippen LogP contribution in [0.5, 0.6) is 5.75 Å². The highest BCUT2D eigenvalue weighted by molar-refractivity contribution is 5.83. The van der Waals surface area contributed by atoms with E-state index >= 15 is 0 Å². The first-order valence-corrected chi connectivity index (χ1v) is 11.5. The number of aliphatic hydroxyl groups is 1. The fourth-order valence-electron chi connectivity index (χ4n) is 7.51. The Morgan fingerprint density at radius 3 is 3.03 bits per heavy atom. The number of rotatable bonds is 2. The highest BCUT2D eigenvalue weighted by atomic mass is 16.3. The van der Waals surface area contributed by atoms with E-state index in [1.165, 1.54) is 18.4 Å². The molecular formula is C25H25N3O3. The van der Waals surface area contributed by atoms with Gasteiger partial charge in [0, 0.05) is 36.2 Å². The van der Waals surface area contributed by atoms with Gasteiger partial charge in [0.1, 0.15) is 11.5 Å². The summed E-state index contributed by atoms with van der Waals surface area (Å²) in [6.45, 7) is 2.06. The van der Waals surface area contributed by atoms with Gasteiger partial charge in [-0.2, -0.15) is 0 Å². The van der Waals surface area contributed by atoms with E-state index in [1.54, 1.807) is 6.20 Å². The van der Waals surface area contributed by atoms with Crippen molar-refractivity contribution in [2.24, 2.45) is 5.92 Å². The molecule has 158 valence electrons. The van der Waals surface area contributed by atoms with Crippen molar-refractivity contribution in [3.8, 4) is 5.75 Å². The van der Waals surface area contributed by atoms with Crippen LogP contribution in [0, 0.1) is 5.92 Å². The molecular weight excluding hydrogens is 390 g/mol. The van der Waals surface area contributed by atoms with Crippen molar-refractivity contribution in [2.45, 2.75) is 55.2 Å². The van der Waals surface area contributed by atoms with Crippen molar-refractivity contribution in [1.82, 2.24) is 9.88 Å². The smallest absolute Gasteiger partial charge is 0.226 e. The summed E-state index contributed by atoms with van der Waals surface area (Å²) in [4.78, 5) is 7.03. The molecule has 2 aliphatic heterocycles. The number of phenols is 1. The Hall–Kier alpha value is -2.57. The van der Waals surface area contributed by atoms with Crippen LogP contribution in [0.25, 0.3) is 11.1 Å². The third-order valence-corrected chi connectivity index (χ3v) is 8.97. The Kier molecular flexibility index (Phi) is 2.88. The molecule has 4 heterocycles. The molecule has 3 aliphatic carbocycles. The number of benzene rings is 1. The van der Waals surface area contributed by atoms with Crippen molar-refractivity contribution in [3.05, 3.63) is 52.9 Å². The number of phenolic OH excluding ortho intramolecular Hbond substituents is 1. The first kappa shape index (κ1) is 17.0. The normalized spacial score (nSPS) is 35.0. The summed E-state index contributed by atoms with van der Waals surface area (Å²) in [6, 6.07) is 7.75. The second-order valence-corrected chi connectivity index (χ2v) is 10.4. The summed E-state index contributed by atoms with van der Waals surface area (Å²) in [7, 11) is 0. The molecule has 8 rings (SSSR count). The van der Waals surface area contributed by atoms with Crippen LogP contribution in [0.2, 0.25) is 0 Å². The summed E-state index contributed by atoms with van der Waals surface area (Å²) in [5.74, 6) is 1.93.